The maximum atomic E-state index is 13.4. The van der Waals surface area contributed by atoms with Crippen LogP contribution in [0.15, 0.2) is 36.4 Å². The largest absolute Gasteiger partial charge is 0.316 e. The van der Waals surface area contributed by atoms with E-state index in [0.29, 0.717) is 11.7 Å². The monoisotopic (exact) mass is 325 g/mol. The predicted molar refractivity (Wildman–Crippen MR) is 90.2 cm³/mol. The van der Waals surface area contributed by atoms with Gasteiger partial charge in [0.1, 0.15) is 11.9 Å². The van der Waals surface area contributed by atoms with Gasteiger partial charge in [-0.1, -0.05) is 18.2 Å². The van der Waals surface area contributed by atoms with E-state index in [1.807, 2.05) is 19.1 Å². The SMILES string of the molecule is Cc1nnn([C@@H](c2ccc3cc(F)ccc3c2)[C@@H]2CCCNC2)n1. The summed E-state index contributed by atoms with van der Waals surface area (Å²) in [5.74, 6) is 0.869. The summed E-state index contributed by atoms with van der Waals surface area (Å²) in [4.78, 5) is 1.73. The molecule has 0 saturated carbocycles. The molecule has 0 amide bonds. The number of rotatable bonds is 3. The number of hydrogen-bond donors (Lipinski definition) is 1. The summed E-state index contributed by atoms with van der Waals surface area (Å²) in [6.07, 6.45) is 2.27. The molecule has 1 aliphatic rings. The van der Waals surface area contributed by atoms with Gasteiger partial charge >= 0.3 is 0 Å². The molecule has 1 aromatic heterocycles. The van der Waals surface area contributed by atoms with Gasteiger partial charge in [0.05, 0.1) is 0 Å². The quantitative estimate of drug-likeness (QED) is 0.804. The predicted octanol–water partition coefficient (Wildman–Crippen LogP) is 2.86. The zero-order valence-electron chi connectivity index (χ0n) is 13.6. The van der Waals surface area contributed by atoms with Crippen LogP contribution in [0, 0.1) is 18.7 Å². The fourth-order valence-corrected chi connectivity index (χ4v) is 3.58. The Morgan fingerprint density at radius 2 is 2.04 bits per heavy atom. The van der Waals surface area contributed by atoms with Crippen LogP contribution in [-0.2, 0) is 0 Å². The molecule has 2 atom stereocenters. The van der Waals surface area contributed by atoms with E-state index < -0.39 is 0 Å². The first kappa shape index (κ1) is 15.2. The Labute approximate surface area is 139 Å². The second kappa shape index (κ2) is 6.28. The third-order valence-corrected chi connectivity index (χ3v) is 4.73. The Kier molecular flexibility index (Phi) is 3.98. The average molecular weight is 325 g/mol. The Bertz CT molecular complexity index is 853. The number of tetrazole rings is 1. The van der Waals surface area contributed by atoms with Crippen LogP contribution in [0.1, 0.15) is 30.3 Å². The Morgan fingerprint density at radius 1 is 1.21 bits per heavy atom. The fourth-order valence-electron chi connectivity index (χ4n) is 3.58. The van der Waals surface area contributed by atoms with Crippen LogP contribution in [0.2, 0.25) is 0 Å². The maximum Gasteiger partial charge on any atom is 0.171 e. The van der Waals surface area contributed by atoms with Crippen molar-refractivity contribution in [2.24, 2.45) is 5.92 Å². The highest BCUT2D eigenvalue weighted by Crippen LogP contribution is 2.32. The molecule has 1 saturated heterocycles. The number of nitrogens with one attached hydrogen (secondary N) is 1. The molecule has 0 unspecified atom stereocenters. The normalized spacial score (nSPS) is 19.5. The number of aryl methyl sites for hydroxylation is 1. The van der Waals surface area contributed by atoms with Gasteiger partial charge in [0.25, 0.3) is 0 Å². The van der Waals surface area contributed by atoms with Crippen molar-refractivity contribution in [3.8, 4) is 0 Å². The van der Waals surface area contributed by atoms with E-state index in [-0.39, 0.29) is 11.9 Å². The summed E-state index contributed by atoms with van der Waals surface area (Å²) in [5.41, 5.74) is 1.14. The van der Waals surface area contributed by atoms with Crippen molar-refractivity contribution in [2.75, 3.05) is 13.1 Å². The van der Waals surface area contributed by atoms with Crippen molar-refractivity contribution in [2.45, 2.75) is 25.8 Å². The summed E-state index contributed by atoms with van der Waals surface area (Å²) >= 11 is 0. The van der Waals surface area contributed by atoms with Crippen LogP contribution in [0.25, 0.3) is 10.8 Å². The van der Waals surface area contributed by atoms with Crippen molar-refractivity contribution in [1.29, 1.82) is 0 Å². The molecule has 124 valence electrons. The van der Waals surface area contributed by atoms with Gasteiger partial charge in [-0.25, -0.2) is 4.39 Å². The van der Waals surface area contributed by atoms with Crippen molar-refractivity contribution < 1.29 is 4.39 Å². The molecule has 2 heterocycles. The first-order valence-electron chi connectivity index (χ1n) is 8.37. The lowest BCUT2D eigenvalue weighted by Gasteiger charge is -2.30. The molecule has 6 heteroatoms. The minimum atomic E-state index is -0.211. The van der Waals surface area contributed by atoms with Gasteiger partial charge in [-0.2, -0.15) is 4.80 Å². The first-order chi connectivity index (χ1) is 11.7. The minimum Gasteiger partial charge on any atom is -0.316 e. The van der Waals surface area contributed by atoms with E-state index in [2.05, 4.69) is 32.9 Å². The second-order valence-corrected chi connectivity index (χ2v) is 6.46. The van der Waals surface area contributed by atoms with Gasteiger partial charge in [0.15, 0.2) is 5.82 Å². The number of benzene rings is 2. The van der Waals surface area contributed by atoms with Gasteiger partial charge < -0.3 is 5.32 Å². The van der Waals surface area contributed by atoms with Gasteiger partial charge in [0.2, 0.25) is 0 Å². The lowest BCUT2D eigenvalue weighted by molar-refractivity contribution is 0.261. The van der Waals surface area contributed by atoms with E-state index in [0.717, 1.165) is 42.3 Å². The Hall–Kier alpha value is -2.34. The number of piperidine rings is 1. The molecule has 1 N–H and O–H groups in total. The summed E-state index contributed by atoms with van der Waals surface area (Å²) < 4.78 is 13.4. The zero-order chi connectivity index (χ0) is 16.5. The van der Waals surface area contributed by atoms with Crippen LogP contribution in [-0.4, -0.2) is 33.3 Å². The molecular formula is C18H20FN5. The van der Waals surface area contributed by atoms with Gasteiger partial charge in [-0.15, -0.1) is 10.2 Å². The number of hydrogen-bond acceptors (Lipinski definition) is 4. The lowest BCUT2D eigenvalue weighted by Crippen LogP contribution is -2.36. The lowest BCUT2D eigenvalue weighted by atomic mass is 9.87. The minimum absolute atomic E-state index is 0.0356. The van der Waals surface area contributed by atoms with Crippen LogP contribution in [0.4, 0.5) is 4.39 Å². The summed E-state index contributed by atoms with van der Waals surface area (Å²) in [5, 5.41) is 18.2. The number of aromatic nitrogens is 4. The fraction of sp³-hybridized carbons (Fsp3) is 0.389. The molecule has 1 aliphatic heterocycles. The molecule has 0 bridgehead atoms. The van der Waals surface area contributed by atoms with E-state index >= 15 is 0 Å². The average Bonchev–Trinajstić information content (AvgIpc) is 3.02. The first-order valence-corrected chi connectivity index (χ1v) is 8.37. The van der Waals surface area contributed by atoms with Crippen molar-refractivity contribution in [3.05, 3.63) is 53.6 Å². The number of halogens is 1. The molecule has 4 rings (SSSR count). The Balaban J connectivity index is 1.78. The number of nitrogens with zero attached hydrogens (tertiary/aromatic N) is 4. The summed E-state index contributed by atoms with van der Waals surface area (Å²) in [6, 6.07) is 11.1. The van der Waals surface area contributed by atoms with Crippen LogP contribution >= 0.6 is 0 Å². The molecular weight excluding hydrogens is 305 g/mol. The van der Waals surface area contributed by atoms with Gasteiger partial charge in [0, 0.05) is 6.54 Å². The highest BCUT2D eigenvalue weighted by atomic mass is 19.1. The maximum absolute atomic E-state index is 13.4. The molecule has 5 nitrogen and oxygen atoms in total. The standard InChI is InChI=1S/C18H20FN5/c1-12-21-23-24(22-12)18(16-3-2-8-20-11-16)15-5-4-14-10-17(19)7-6-13(14)9-15/h4-7,9-10,16,18,20H,2-3,8,11H2,1H3/t16-,18+/m1/s1. The Morgan fingerprint density at radius 3 is 2.79 bits per heavy atom. The third-order valence-electron chi connectivity index (χ3n) is 4.73. The van der Waals surface area contributed by atoms with Gasteiger partial charge in [-0.3, -0.25) is 0 Å². The molecule has 1 fully saturated rings. The van der Waals surface area contributed by atoms with Crippen LogP contribution in [0.3, 0.4) is 0 Å². The third kappa shape index (κ3) is 2.89. The van der Waals surface area contributed by atoms with E-state index in [9.17, 15) is 4.39 Å². The highest BCUT2D eigenvalue weighted by molar-refractivity contribution is 5.83. The number of fused-ring (bicyclic) bond motifs is 1. The highest BCUT2D eigenvalue weighted by Gasteiger charge is 2.28. The van der Waals surface area contributed by atoms with Gasteiger partial charge in [-0.05, 0) is 72.0 Å². The van der Waals surface area contributed by atoms with Crippen LogP contribution < -0.4 is 5.32 Å². The summed E-state index contributed by atoms with van der Waals surface area (Å²) in [6.45, 7) is 3.85. The molecule has 0 spiro atoms. The zero-order valence-corrected chi connectivity index (χ0v) is 13.6. The van der Waals surface area contributed by atoms with E-state index in [1.54, 1.807) is 10.9 Å². The van der Waals surface area contributed by atoms with Crippen molar-refractivity contribution in [1.82, 2.24) is 25.5 Å². The molecule has 2 aromatic carbocycles. The van der Waals surface area contributed by atoms with Crippen LogP contribution in [0.5, 0.6) is 0 Å². The second-order valence-electron chi connectivity index (χ2n) is 6.46. The summed E-state index contributed by atoms with van der Waals surface area (Å²) in [7, 11) is 0. The van der Waals surface area contributed by atoms with Crippen molar-refractivity contribution in [3.63, 3.8) is 0 Å². The molecule has 24 heavy (non-hydrogen) atoms. The molecule has 0 aliphatic carbocycles. The van der Waals surface area contributed by atoms with E-state index in [4.69, 9.17) is 0 Å². The smallest absolute Gasteiger partial charge is 0.171 e. The van der Waals surface area contributed by atoms with E-state index in [1.165, 1.54) is 6.07 Å². The molecule has 3 aromatic rings. The van der Waals surface area contributed by atoms with Crippen molar-refractivity contribution >= 4 is 10.8 Å². The molecule has 0 radical (unpaired) electrons. The topological polar surface area (TPSA) is 55.6 Å².